The minimum Gasteiger partial charge on any atom is -0.494 e. The molecule has 1 saturated heterocycles. The zero-order chi connectivity index (χ0) is 23.1. The van der Waals surface area contributed by atoms with Crippen molar-refractivity contribution in [3.05, 3.63) is 53.1 Å². The number of nitrogens with two attached hydrogens (primary N) is 1. The van der Waals surface area contributed by atoms with Crippen molar-refractivity contribution in [2.75, 3.05) is 32.0 Å². The van der Waals surface area contributed by atoms with Crippen molar-refractivity contribution >= 4 is 33.7 Å². The van der Waals surface area contributed by atoms with Crippen LogP contribution in [0, 0.1) is 13.8 Å². The van der Waals surface area contributed by atoms with E-state index in [2.05, 4.69) is 19.9 Å². The van der Waals surface area contributed by atoms with Crippen LogP contribution < -0.4 is 10.5 Å². The number of carbonyl (C=O) groups excluding carboxylic acids is 1. The van der Waals surface area contributed by atoms with E-state index in [0.29, 0.717) is 60.4 Å². The third-order valence-corrected chi connectivity index (χ3v) is 5.96. The highest BCUT2D eigenvalue weighted by molar-refractivity contribution is 6.01. The van der Waals surface area contributed by atoms with Gasteiger partial charge >= 0.3 is 0 Å². The number of nitrogens with one attached hydrogen (secondary N) is 1. The van der Waals surface area contributed by atoms with Gasteiger partial charge in [-0.3, -0.25) is 4.79 Å². The second-order valence-corrected chi connectivity index (χ2v) is 8.14. The molecule has 0 bridgehead atoms. The number of morpholine rings is 1. The number of H-pyrrole nitrogens is 1. The molecule has 4 heterocycles. The van der Waals surface area contributed by atoms with Gasteiger partial charge in [-0.05, 0) is 56.7 Å². The van der Waals surface area contributed by atoms with Crippen LogP contribution >= 0.6 is 0 Å². The van der Waals surface area contributed by atoms with Crippen LogP contribution in [0.1, 0.15) is 40.6 Å². The molecule has 0 unspecified atom stereocenters. The molecule has 1 aliphatic rings. The van der Waals surface area contributed by atoms with Crippen molar-refractivity contribution in [3.8, 4) is 5.75 Å². The third-order valence-electron chi connectivity index (χ3n) is 5.96. The summed E-state index contributed by atoms with van der Waals surface area (Å²) < 4.78 is 11.6. The molecule has 33 heavy (non-hydrogen) atoms. The molecule has 0 aliphatic carbocycles. The van der Waals surface area contributed by atoms with Crippen LogP contribution in [0.15, 0.2) is 30.3 Å². The Morgan fingerprint density at radius 1 is 1.21 bits per heavy atom. The molecule has 3 aromatic heterocycles. The molecule has 0 spiro atoms. The van der Waals surface area contributed by atoms with Crippen LogP contribution in [-0.4, -0.2) is 57.0 Å². The second-order valence-electron chi connectivity index (χ2n) is 8.14. The Kier molecular flexibility index (Phi) is 5.33. The van der Waals surface area contributed by atoms with Crippen molar-refractivity contribution in [3.63, 3.8) is 0 Å². The smallest absolute Gasteiger partial charge is 0.270 e. The molecule has 1 atom stereocenters. The first-order chi connectivity index (χ1) is 15.9. The van der Waals surface area contributed by atoms with Crippen LogP contribution in [0.3, 0.4) is 0 Å². The lowest BCUT2D eigenvalue weighted by atomic mass is 10.1. The minimum atomic E-state index is -0.349. The van der Waals surface area contributed by atoms with E-state index in [4.69, 9.17) is 15.2 Å². The highest BCUT2D eigenvalue weighted by Crippen LogP contribution is 2.29. The number of ether oxygens (including phenoxy) is 2. The molecule has 1 amide bonds. The van der Waals surface area contributed by atoms with Crippen molar-refractivity contribution in [1.82, 2.24) is 24.8 Å². The highest BCUT2D eigenvalue weighted by Gasteiger charge is 2.29. The number of pyridine rings is 1. The number of aryl methyl sites for hydroxylation is 2. The maximum atomic E-state index is 13.4. The number of hydrogen-bond donors (Lipinski definition) is 2. The minimum absolute atomic E-state index is 0.0573. The first kappa shape index (κ1) is 21.1. The first-order valence-corrected chi connectivity index (χ1v) is 11.0. The normalized spacial score (nSPS) is 16.5. The van der Waals surface area contributed by atoms with Gasteiger partial charge in [0.1, 0.15) is 29.2 Å². The Morgan fingerprint density at radius 2 is 2.06 bits per heavy atom. The van der Waals surface area contributed by atoms with Crippen LogP contribution in [0.2, 0.25) is 0 Å². The van der Waals surface area contributed by atoms with Crippen molar-refractivity contribution in [1.29, 1.82) is 0 Å². The fourth-order valence-electron chi connectivity index (χ4n) is 4.29. The quantitative estimate of drug-likeness (QED) is 0.493. The first-order valence-electron chi connectivity index (χ1n) is 11.0. The van der Waals surface area contributed by atoms with E-state index in [9.17, 15) is 4.79 Å². The Labute approximate surface area is 190 Å². The van der Waals surface area contributed by atoms with Gasteiger partial charge in [0.15, 0.2) is 5.65 Å². The molecule has 5 rings (SSSR count). The fourth-order valence-corrected chi connectivity index (χ4v) is 4.29. The topological polar surface area (TPSA) is 119 Å². The summed E-state index contributed by atoms with van der Waals surface area (Å²) in [5, 5.41) is 1.69. The van der Waals surface area contributed by atoms with Gasteiger partial charge in [-0.15, -0.1) is 0 Å². The molecule has 4 aromatic rings. The Hall–Kier alpha value is -3.72. The summed E-state index contributed by atoms with van der Waals surface area (Å²) in [5.41, 5.74) is 9.64. The van der Waals surface area contributed by atoms with Crippen LogP contribution in [0.25, 0.3) is 21.9 Å². The van der Waals surface area contributed by atoms with Gasteiger partial charge in [0.05, 0.1) is 30.8 Å². The lowest BCUT2D eigenvalue weighted by Crippen LogP contribution is -2.42. The average molecular weight is 447 g/mol. The molecule has 9 heteroatoms. The number of amides is 1. The molecule has 0 radical (unpaired) electrons. The van der Waals surface area contributed by atoms with Crippen molar-refractivity contribution < 1.29 is 14.3 Å². The van der Waals surface area contributed by atoms with E-state index in [1.165, 1.54) is 0 Å². The zero-order valence-electron chi connectivity index (χ0n) is 18.9. The summed E-state index contributed by atoms with van der Waals surface area (Å²) in [5.74, 6) is 1.70. The molecule has 0 saturated carbocycles. The van der Waals surface area contributed by atoms with Crippen LogP contribution in [0.4, 0.5) is 5.82 Å². The number of carbonyl (C=O) groups is 1. The Morgan fingerprint density at radius 3 is 2.88 bits per heavy atom. The predicted molar refractivity (Wildman–Crippen MR) is 125 cm³/mol. The molecule has 1 fully saturated rings. The van der Waals surface area contributed by atoms with Crippen LogP contribution in [-0.2, 0) is 4.74 Å². The van der Waals surface area contributed by atoms with E-state index in [1.54, 1.807) is 11.8 Å². The Balaban J connectivity index is 1.41. The maximum absolute atomic E-state index is 13.4. The number of aromatic nitrogens is 4. The van der Waals surface area contributed by atoms with E-state index in [-0.39, 0.29) is 12.0 Å². The standard InChI is InChI=1S/C24H26N6O3/c1-4-32-15-5-7-18-17(11-15)13(2)21(28-18)24(31)30-9-10-33-20(12-30)19-8-6-16-22(25)26-14(3)27-23(16)29-19/h5-8,11,20,28H,4,9-10,12H2,1-3H3,(H2,25,26,27,29)/t20-/m0/s1. The van der Waals surface area contributed by atoms with Gasteiger partial charge in [0, 0.05) is 17.4 Å². The molecule has 3 N–H and O–H groups in total. The van der Waals surface area contributed by atoms with Crippen molar-refractivity contribution in [2.24, 2.45) is 0 Å². The fraction of sp³-hybridized carbons (Fsp3) is 0.333. The number of anilines is 1. The van der Waals surface area contributed by atoms with Gasteiger partial charge in [0.25, 0.3) is 5.91 Å². The summed E-state index contributed by atoms with van der Waals surface area (Å²) in [4.78, 5) is 31.8. The molecule has 170 valence electrons. The lowest BCUT2D eigenvalue weighted by molar-refractivity contribution is -0.0247. The number of fused-ring (bicyclic) bond motifs is 2. The number of nitrogen functional groups attached to an aromatic ring is 1. The SMILES string of the molecule is CCOc1ccc2[nH]c(C(=O)N3CCO[C@H](c4ccc5c(N)nc(C)nc5n4)C3)c(C)c2c1. The van der Waals surface area contributed by atoms with E-state index < -0.39 is 0 Å². The number of aromatic amines is 1. The van der Waals surface area contributed by atoms with Gasteiger partial charge in [0.2, 0.25) is 0 Å². The molecular weight excluding hydrogens is 420 g/mol. The highest BCUT2D eigenvalue weighted by atomic mass is 16.5. The summed E-state index contributed by atoms with van der Waals surface area (Å²) >= 11 is 0. The number of nitrogens with zero attached hydrogens (tertiary/aromatic N) is 4. The largest absolute Gasteiger partial charge is 0.494 e. The summed E-state index contributed by atoms with van der Waals surface area (Å²) in [6.45, 7) is 7.61. The number of hydrogen-bond acceptors (Lipinski definition) is 7. The van der Waals surface area contributed by atoms with Crippen molar-refractivity contribution in [2.45, 2.75) is 26.9 Å². The van der Waals surface area contributed by atoms with Gasteiger partial charge < -0.3 is 25.1 Å². The molecule has 9 nitrogen and oxygen atoms in total. The van der Waals surface area contributed by atoms with Gasteiger partial charge in [-0.25, -0.2) is 15.0 Å². The zero-order valence-corrected chi connectivity index (χ0v) is 18.9. The molecule has 1 aliphatic heterocycles. The summed E-state index contributed by atoms with van der Waals surface area (Å²) in [7, 11) is 0. The van der Waals surface area contributed by atoms with E-state index in [0.717, 1.165) is 22.2 Å². The number of rotatable bonds is 4. The van der Waals surface area contributed by atoms with Crippen LogP contribution in [0.5, 0.6) is 5.75 Å². The third kappa shape index (κ3) is 3.84. The average Bonchev–Trinajstić information content (AvgIpc) is 3.14. The molecular formula is C24H26N6O3. The lowest BCUT2D eigenvalue weighted by Gasteiger charge is -2.32. The maximum Gasteiger partial charge on any atom is 0.270 e. The van der Waals surface area contributed by atoms with Gasteiger partial charge in [-0.1, -0.05) is 0 Å². The Bertz CT molecular complexity index is 1370. The van der Waals surface area contributed by atoms with E-state index in [1.807, 2.05) is 44.2 Å². The summed E-state index contributed by atoms with van der Waals surface area (Å²) in [6.07, 6.45) is -0.349. The number of benzene rings is 1. The monoisotopic (exact) mass is 446 g/mol. The van der Waals surface area contributed by atoms with E-state index >= 15 is 0 Å². The molecule has 1 aromatic carbocycles. The van der Waals surface area contributed by atoms with Gasteiger partial charge in [-0.2, -0.15) is 0 Å². The predicted octanol–water partition coefficient (Wildman–Crippen LogP) is 3.32. The second kappa shape index (κ2) is 8.32. The summed E-state index contributed by atoms with van der Waals surface area (Å²) in [6, 6.07) is 9.54.